The molecule has 9 heteroatoms. The van der Waals surface area contributed by atoms with Crippen LogP contribution in [0.15, 0.2) is 18.7 Å². The Balaban J connectivity index is 1.68. The first-order valence-corrected chi connectivity index (χ1v) is 8.18. The van der Waals surface area contributed by atoms with Crippen molar-refractivity contribution in [3.8, 4) is 0 Å². The van der Waals surface area contributed by atoms with Crippen LogP contribution < -0.4 is 0 Å². The smallest absolute Gasteiger partial charge is 0.244 e. The fraction of sp³-hybridized carbons (Fsp3) is 0.667. The summed E-state index contributed by atoms with van der Waals surface area (Å²) < 4.78 is 3.28. The number of aromatic nitrogens is 6. The van der Waals surface area contributed by atoms with E-state index in [2.05, 4.69) is 38.8 Å². The summed E-state index contributed by atoms with van der Waals surface area (Å²) in [5, 5.41) is 15.2. The van der Waals surface area contributed by atoms with E-state index in [0.717, 1.165) is 19.4 Å². The van der Waals surface area contributed by atoms with E-state index in [1.807, 2.05) is 25.0 Å². The molecule has 1 aliphatic rings. The highest BCUT2D eigenvalue weighted by Gasteiger charge is 2.32. The maximum Gasteiger partial charge on any atom is 0.244 e. The second kappa shape index (κ2) is 7.08. The zero-order chi connectivity index (χ0) is 17.1. The van der Waals surface area contributed by atoms with Crippen molar-refractivity contribution in [3.63, 3.8) is 0 Å². The molecule has 1 fully saturated rings. The number of carbonyl (C=O) groups is 1. The van der Waals surface area contributed by atoms with Gasteiger partial charge >= 0.3 is 0 Å². The number of aryl methyl sites for hydroxylation is 1. The van der Waals surface area contributed by atoms with Gasteiger partial charge in [-0.1, -0.05) is 0 Å². The van der Waals surface area contributed by atoms with Gasteiger partial charge in [-0.25, -0.2) is 4.68 Å². The minimum atomic E-state index is 0.0143. The third kappa shape index (κ3) is 3.61. The molecule has 1 aliphatic heterocycles. The van der Waals surface area contributed by atoms with Gasteiger partial charge in [0.05, 0.1) is 6.20 Å². The minimum Gasteiger partial charge on any atom is -0.344 e. The number of tetrazole rings is 1. The molecule has 0 aliphatic carbocycles. The van der Waals surface area contributed by atoms with Gasteiger partial charge in [0.1, 0.15) is 12.9 Å². The van der Waals surface area contributed by atoms with Crippen LogP contribution >= 0.6 is 0 Å². The van der Waals surface area contributed by atoms with Crippen LogP contribution in [-0.4, -0.2) is 72.9 Å². The predicted octanol–water partition coefficient (Wildman–Crippen LogP) is -0.0519. The fourth-order valence-electron chi connectivity index (χ4n) is 3.54. The van der Waals surface area contributed by atoms with Gasteiger partial charge < -0.3 is 4.90 Å². The van der Waals surface area contributed by atoms with Crippen molar-refractivity contribution in [3.05, 3.63) is 24.3 Å². The van der Waals surface area contributed by atoms with Gasteiger partial charge in [0.15, 0.2) is 0 Å². The molecule has 1 saturated heterocycles. The molecule has 130 valence electrons. The molecule has 0 saturated carbocycles. The summed E-state index contributed by atoms with van der Waals surface area (Å²) in [5.74, 6) is 0.399. The maximum absolute atomic E-state index is 12.4. The maximum atomic E-state index is 12.4. The Morgan fingerprint density at radius 1 is 1.42 bits per heavy atom. The Hall–Kier alpha value is -2.29. The van der Waals surface area contributed by atoms with Crippen molar-refractivity contribution in [1.82, 2.24) is 39.8 Å². The van der Waals surface area contributed by atoms with Crippen LogP contribution in [0.2, 0.25) is 0 Å². The van der Waals surface area contributed by atoms with Crippen molar-refractivity contribution < 1.29 is 4.79 Å². The van der Waals surface area contributed by atoms with Gasteiger partial charge in [-0.15, -0.1) is 5.10 Å². The van der Waals surface area contributed by atoms with Gasteiger partial charge in [-0.05, 0) is 42.8 Å². The van der Waals surface area contributed by atoms with E-state index < -0.39 is 0 Å². The molecule has 3 heterocycles. The standard InChI is InChI=1S/C15H24N8O/c1-20-6-4-5-12(15(20)13-7-17-22(3)9-13)8-21(2)14(24)10-23-11-16-18-19-23/h7,9,11-12,15H,4-6,8,10H2,1-3H3/t12-,15+/m0/s1. The number of hydrogen-bond donors (Lipinski definition) is 0. The lowest BCUT2D eigenvalue weighted by molar-refractivity contribution is -0.131. The highest BCUT2D eigenvalue weighted by atomic mass is 16.2. The summed E-state index contributed by atoms with van der Waals surface area (Å²) in [6, 6.07) is 0.288. The number of nitrogens with zero attached hydrogens (tertiary/aromatic N) is 8. The molecular weight excluding hydrogens is 308 g/mol. The number of hydrogen-bond acceptors (Lipinski definition) is 6. The van der Waals surface area contributed by atoms with E-state index in [1.165, 1.54) is 16.6 Å². The van der Waals surface area contributed by atoms with Gasteiger partial charge in [0.25, 0.3) is 0 Å². The molecule has 24 heavy (non-hydrogen) atoms. The molecule has 2 aromatic rings. The number of rotatable bonds is 5. The minimum absolute atomic E-state index is 0.0143. The first kappa shape index (κ1) is 16.6. The average Bonchev–Trinajstić information content (AvgIpc) is 3.19. The van der Waals surface area contributed by atoms with E-state index in [1.54, 1.807) is 4.90 Å². The Morgan fingerprint density at radius 3 is 2.92 bits per heavy atom. The summed E-state index contributed by atoms with van der Waals surface area (Å²) in [5.41, 5.74) is 1.21. The van der Waals surface area contributed by atoms with E-state index in [0.29, 0.717) is 12.5 Å². The Bertz CT molecular complexity index is 667. The average molecular weight is 332 g/mol. The highest BCUT2D eigenvalue weighted by molar-refractivity contribution is 5.75. The number of piperidine rings is 1. The molecule has 2 aromatic heterocycles. The molecule has 9 nitrogen and oxygen atoms in total. The monoisotopic (exact) mass is 332 g/mol. The van der Waals surface area contributed by atoms with Crippen LogP contribution in [0.3, 0.4) is 0 Å². The lowest BCUT2D eigenvalue weighted by Crippen LogP contribution is -2.43. The number of amides is 1. The number of likely N-dealkylation sites (tertiary alicyclic amines) is 1. The molecule has 3 rings (SSSR count). The van der Waals surface area contributed by atoms with Crippen molar-refractivity contribution in [2.75, 3.05) is 27.2 Å². The highest BCUT2D eigenvalue weighted by Crippen LogP contribution is 2.35. The molecule has 0 radical (unpaired) electrons. The van der Waals surface area contributed by atoms with Crippen LogP contribution in [0.5, 0.6) is 0 Å². The van der Waals surface area contributed by atoms with Crippen LogP contribution in [0.1, 0.15) is 24.4 Å². The van der Waals surface area contributed by atoms with Crippen LogP contribution in [0.25, 0.3) is 0 Å². The van der Waals surface area contributed by atoms with Gasteiger partial charge in [0, 0.05) is 38.4 Å². The molecule has 0 N–H and O–H groups in total. The molecule has 0 spiro atoms. The summed E-state index contributed by atoms with van der Waals surface area (Å²) in [4.78, 5) is 16.5. The zero-order valence-electron chi connectivity index (χ0n) is 14.4. The van der Waals surface area contributed by atoms with Crippen molar-refractivity contribution in [2.45, 2.75) is 25.4 Å². The second-order valence-corrected chi connectivity index (χ2v) is 6.56. The van der Waals surface area contributed by atoms with Crippen molar-refractivity contribution >= 4 is 5.91 Å². The van der Waals surface area contributed by atoms with Crippen LogP contribution in [-0.2, 0) is 18.4 Å². The van der Waals surface area contributed by atoms with E-state index in [4.69, 9.17) is 0 Å². The van der Waals surface area contributed by atoms with E-state index in [-0.39, 0.29) is 18.5 Å². The molecule has 0 aromatic carbocycles. The quantitative estimate of drug-likeness (QED) is 0.763. The summed E-state index contributed by atoms with van der Waals surface area (Å²) >= 11 is 0. The van der Waals surface area contributed by atoms with Crippen molar-refractivity contribution in [2.24, 2.45) is 13.0 Å². The largest absolute Gasteiger partial charge is 0.344 e. The van der Waals surface area contributed by atoms with E-state index in [9.17, 15) is 4.79 Å². The number of likely N-dealkylation sites (N-methyl/N-ethyl adjacent to an activating group) is 1. The molecular formula is C15H24N8O. The van der Waals surface area contributed by atoms with Gasteiger partial charge in [0.2, 0.25) is 5.91 Å². The zero-order valence-corrected chi connectivity index (χ0v) is 14.4. The Kier molecular flexibility index (Phi) is 4.89. The summed E-state index contributed by atoms with van der Waals surface area (Å²) in [6.07, 6.45) is 7.71. The fourth-order valence-corrected chi connectivity index (χ4v) is 3.54. The lowest BCUT2D eigenvalue weighted by atomic mass is 9.85. The molecule has 2 atom stereocenters. The third-order valence-electron chi connectivity index (χ3n) is 4.70. The van der Waals surface area contributed by atoms with Crippen LogP contribution in [0.4, 0.5) is 0 Å². The number of carbonyl (C=O) groups excluding carboxylic acids is 1. The predicted molar refractivity (Wildman–Crippen MR) is 86.8 cm³/mol. The molecule has 0 bridgehead atoms. The summed E-state index contributed by atoms with van der Waals surface area (Å²) in [6.45, 7) is 1.95. The Labute approximate surface area is 141 Å². The van der Waals surface area contributed by atoms with E-state index >= 15 is 0 Å². The van der Waals surface area contributed by atoms with Crippen LogP contribution in [0, 0.1) is 5.92 Å². The third-order valence-corrected chi connectivity index (χ3v) is 4.70. The first-order valence-electron chi connectivity index (χ1n) is 8.18. The Morgan fingerprint density at radius 2 is 2.25 bits per heavy atom. The topological polar surface area (TPSA) is 85.0 Å². The SMILES string of the molecule is CN(C[C@@H]1CCCN(C)[C@H]1c1cnn(C)c1)C(=O)Cn1cnnn1. The molecule has 1 amide bonds. The summed E-state index contributed by atoms with van der Waals surface area (Å²) in [7, 11) is 5.93. The second-order valence-electron chi connectivity index (χ2n) is 6.56. The normalized spacial score (nSPS) is 21.8. The molecule has 0 unspecified atom stereocenters. The van der Waals surface area contributed by atoms with Crippen molar-refractivity contribution in [1.29, 1.82) is 0 Å². The first-order chi connectivity index (χ1) is 11.5. The van der Waals surface area contributed by atoms with Gasteiger partial charge in [-0.2, -0.15) is 5.10 Å². The lowest BCUT2D eigenvalue weighted by Gasteiger charge is -2.40. The van der Waals surface area contributed by atoms with Gasteiger partial charge in [-0.3, -0.25) is 14.4 Å².